The number of hydrogen-bond donors (Lipinski definition) is 1. The van der Waals surface area contributed by atoms with Crippen molar-refractivity contribution in [3.05, 3.63) is 35.8 Å². The van der Waals surface area contributed by atoms with Crippen molar-refractivity contribution < 1.29 is 9.90 Å². The molecule has 0 amide bonds. The Morgan fingerprint density at radius 3 is 3.12 bits per heavy atom. The van der Waals surface area contributed by atoms with Crippen LogP contribution in [0.15, 0.2) is 30.2 Å². The van der Waals surface area contributed by atoms with E-state index < -0.39 is 5.97 Å². The fraction of sp³-hybridized carbons (Fsp3) is 0.333. The van der Waals surface area contributed by atoms with Crippen LogP contribution in [0.2, 0.25) is 0 Å². The summed E-state index contributed by atoms with van der Waals surface area (Å²) in [6.45, 7) is 2.88. The summed E-state index contributed by atoms with van der Waals surface area (Å²) in [4.78, 5) is 17.1. The molecule has 4 nitrogen and oxygen atoms in total. The Morgan fingerprint density at radius 2 is 2.44 bits per heavy atom. The van der Waals surface area contributed by atoms with Gasteiger partial charge in [-0.05, 0) is 18.1 Å². The molecule has 1 N–H and O–H groups in total. The van der Waals surface area contributed by atoms with Crippen LogP contribution in [0.25, 0.3) is 0 Å². The Hall–Kier alpha value is -1.84. The van der Waals surface area contributed by atoms with Crippen molar-refractivity contribution in [3.8, 4) is 0 Å². The lowest BCUT2D eigenvalue weighted by Crippen LogP contribution is -2.25. The highest BCUT2D eigenvalue weighted by atomic mass is 16.4. The van der Waals surface area contributed by atoms with Crippen LogP contribution in [0.5, 0.6) is 0 Å². The van der Waals surface area contributed by atoms with Gasteiger partial charge in [-0.2, -0.15) is 0 Å². The zero-order valence-corrected chi connectivity index (χ0v) is 9.18. The molecule has 2 heterocycles. The molecule has 0 spiro atoms. The maximum absolute atomic E-state index is 11.0. The van der Waals surface area contributed by atoms with Gasteiger partial charge in [0.1, 0.15) is 0 Å². The van der Waals surface area contributed by atoms with E-state index in [4.69, 9.17) is 5.11 Å². The van der Waals surface area contributed by atoms with E-state index in [1.54, 1.807) is 18.6 Å². The molecule has 1 aromatic rings. The van der Waals surface area contributed by atoms with Crippen molar-refractivity contribution in [1.82, 2.24) is 4.98 Å². The van der Waals surface area contributed by atoms with Crippen LogP contribution in [-0.2, 0) is 11.2 Å². The smallest absolute Gasteiger partial charge is 0.333 e. The van der Waals surface area contributed by atoms with Gasteiger partial charge in [-0.25, -0.2) is 4.79 Å². The average molecular weight is 218 g/mol. The molecule has 0 saturated heterocycles. The van der Waals surface area contributed by atoms with Crippen LogP contribution >= 0.6 is 0 Å². The molecule has 0 atom stereocenters. The first kappa shape index (κ1) is 10.7. The fourth-order valence-electron chi connectivity index (χ4n) is 1.89. The summed E-state index contributed by atoms with van der Waals surface area (Å²) in [7, 11) is 0. The molecule has 0 fully saturated rings. The lowest BCUT2D eigenvalue weighted by molar-refractivity contribution is -0.132. The van der Waals surface area contributed by atoms with Gasteiger partial charge in [0, 0.05) is 25.4 Å². The maximum Gasteiger partial charge on any atom is 0.333 e. The first-order chi connectivity index (χ1) is 7.72. The number of carboxylic acids is 1. The lowest BCUT2D eigenvalue weighted by atomic mass is 10.0. The van der Waals surface area contributed by atoms with Gasteiger partial charge in [-0.15, -0.1) is 0 Å². The highest BCUT2D eigenvalue weighted by Gasteiger charge is 2.20. The molecule has 4 heteroatoms. The molecule has 16 heavy (non-hydrogen) atoms. The molecule has 0 aromatic carbocycles. The second kappa shape index (κ2) is 4.35. The molecular formula is C12H14N2O2. The van der Waals surface area contributed by atoms with Crippen molar-refractivity contribution in [2.75, 3.05) is 11.4 Å². The van der Waals surface area contributed by atoms with E-state index in [1.807, 2.05) is 11.0 Å². The van der Waals surface area contributed by atoms with Gasteiger partial charge in [0.05, 0.1) is 17.5 Å². The SMILES string of the molecule is CCCN1C=C(C(=O)O)Cc2ccncc21. The molecule has 0 aliphatic carbocycles. The number of carboxylic acid groups (broad SMARTS) is 1. The van der Waals surface area contributed by atoms with E-state index in [1.165, 1.54) is 0 Å². The Bertz CT molecular complexity index is 440. The first-order valence-corrected chi connectivity index (χ1v) is 5.36. The number of fused-ring (bicyclic) bond motifs is 1. The monoisotopic (exact) mass is 218 g/mol. The number of nitrogens with zero attached hydrogens (tertiary/aromatic N) is 2. The average Bonchev–Trinajstić information content (AvgIpc) is 2.29. The summed E-state index contributed by atoms with van der Waals surface area (Å²) in [5.74, 6) is -0.844. The zero-order valence-electron chi connectivity index (χ0n) is 9.18. The summed E-state index contributed by atoms with van der Waals surface area (Å²) in [6.07, 6.45) is 6.66. The topological polar surface area (TPSA) is 53.4 Å². The summed E-state index contributed by atoms with van der Waals surface area (Å²) in [5.41, 5.74) is 2.49. The van der Waals surface area contributed by atoms with Crippen LogP contribution < -0.4 is 4.90 Å². The Kier molecular flexibility index (Phi) is 2.90. The number of aromatic nitrogens is 1. The Morgan fingerprint density at radius 1 is 1.62 bits per heavy atom. The van der Waals surface area contributed by atoms with Gasteiger partial charge in [-0.3, -0.25) is 4.98 Å². The van der Waals surface area contributed by atoms with E-state index in [2.05, 4.69) is 11.9 Å². The van der Waals surface area contributed by atoms with Crippen molar-refractivity contribution >= 4 is 11.7 Å². The number of rotatable bonds is 3. The van der Waals surface area contributed by atoms with Crippen molar-refractivity contribution in [2.45, 2.75) is 19.8 Å². The normalized spacial score (nSPS) is 14.3. The van der Waals surface area contributed by atoms with Gasteiger partial charge < -0.3 is 10.0 Å². The lowest BCUT2D eigenvalue weighted by Gasteiger charge is -2.27. The molecular weight excluding hydrogens is 204 g/mol. The molecule has 84 valence electrons. The molecule has 1 aliphatic rings. The van der Waals surface area contributed by atoms with Gasteiger partial charge in [0.25, 0.3) is 0 Å². The third kappa shape index (κ3) is 1.91. The highest BCUT2D eigenvalue weighted by Crippen LogP contribution is 2.27. The number of carbonyl (C=O) groups is 1. The second-order valence-electron chi connectivity index (χ2n) is 3.83. The molecule has 0 bridgehead atoms. The van der Waals surface area contributed by atoms with E-state index in [0.717, 1.165) is 24.2 Å². The number of anilines is 1. The minimum Gasteiger partial charge on any atom is -0.478 e. The quantitative estimate of drug-likeness (QED) is 0.840. The summed E-state index contributed by atoms with van der Waals surface area (Å²) >= 11 is 0. The van der Waals surface area contributed by atoms with Crippen molar-refractivity contribution in [1.29, 1.82) is 0 Å². The highest BCUT2D eigenvalue weighted by molar-refractivity contribution is 5.89. The third-order valence-corrected chi connectivity index (χ3v) is 2.63. The van der Waals surface area contributed by atoms with E-state index in [9.17, 15) is 4.79 Å². The number of pyridine rings is 1. The van der Waals surface area contributed by atoms with Crippen molar-refractivity contribution in [2.24, 2.45) is 0 Å². The van der Waals surface area contributed by atoms with Crippen LogP contribution in [0.4, 0.5) is 5.69 Å². The summed E-state index contributed by atoms with van der Waals surface area (Å²) in [6, 6.07) is 1.88. The molecule has 1 aromatic heterocycles. The molecule has 0 saturated carbocycles. The van der Waals surface area contributed by atoms with E-state index >= 15 is 0 Å². The predicted molar refractivity (Wildman–Crippen MR) is 61.3 cm³/mol. The standard InChI is InChI=1S/C12H14N2O2/c1-2-5-14-8-10(12(15)16)6-9-3-4-13-7-11(9)14/h3-4,7-8H,2,5-6H2,1H3,(H,15,16). The van der Waals surface area contributed by atoms with E-state index in [-0.39, 0.29) is 0 Å². The third-order valence-electron chi connectivity index (χ3n) is 2.63. The second-order valence-corrected chi connectivity index (χ2v) is 3.83. The van der Waals surface area contributed by atoms with Gasteiger partial charge >= 0.3 is 5.97 Å². The van der Waals surface area contributed by atoms with Gasteiger partial charge in [0.15, 0.2) is 0 Å². The van der Waals surface area contributed by atoms with Crippen LogP contribution in [0.3, 0.4) is 0 Å². The Labute approximate surface area is 94.2 Å². The molecule has 2 rings (SSSR count). The van der Waals surface area contributed by atoms with Crippen LogP contribution in [0, 0.1) is 0 Å². The minimum atomic E-state index is -0.844. The summed E-state index contributed by atoms with van der Waals surface area (Å²) < 4.78 is 0. The minimum absolute atomic E-state index is 0.437. The van der Waals surface area contributed by atoms with E-state index in [0.29, 0.717) is 12.0 Å². The fourth-order valence-corrected chi connectivity index (χ4v) is 1.89. The van der Waals surface area contributed by atoms with Gasteiger partial charge in [-0.1, -0.05) is 6.92 Å². The van der Waals surface area contributed by atoms with Crippen LogP contribution in [0.1, 0.15) is 18.9 Å². The van der Waals surface area contributed by atoms with Crippen LogP contribution in [-0.4, -0.2) is 22.6 Å². The number of aliphatic carboxylic acids is 1. The largest absolute Gasteiger partial charge is 0.478 e. The molecule has 1 aliphatic heterocycles. The predicted octanol–water partition coefficient (Wildman–Crippen LogP) is 1.82. The Balaban J connectivity index is 2.38. The summed E-state index contributed by atoms with van der Waals surface area (Å²) in [5, 5.41) is 9.04. The molecule has 0 unspecified atom stereocenters. The maximum atomic E-state index is 11.0. The first-order valence-electron chi connectivity index (χ1n) is 5.36. The number of hydrogen-bond acceptors (Lipinski definition) is 3. The zero-order chi connectivity index (χ0) is 11.5. The molecule has 0 radical (unpaired) electrons. The van der Waals surface area contributed by atoms with Crippen molar-refractivity contribution in [3.63, 3.8) is 0 Å². The van der Waals surface area contributed by atoms with Gasteiger partial charge in [0.2, 0.25) is 0 Å².